The van der Waals surface area contributed by atoms with E-state index in [1.807, 2.05) is 17.8 Å². The molecule has 0 radical (unpaired) electrons. The molecule has 0 aliphatic carbocycles. The standard InChI is InChI=1S/C18H18ClFS/c19-12-14(8-13-4-3-6-16(20)9-13)10-17-11-15-5-1-2-7-18(15)21-17/h1-7,9,14,17H,8,10-12H2. The van der Waals surface area contributed by atoms with Crippen LogP contribution < -0.4 is 0 Å². The number of benzene rings is 2. The quantitative estimate of drug-likeness (QED) is 0.671. The molecule has 0 saturated carbocycles. The van der Waals surface area contributed by atoms with Crippen molar-refractivity contribution in [3.63, 3.8) is 0 Å². The van der Waals surface area contributed by atoms with Crippen LogP contribution in [0.1, 0.15) is 17.5 Å². The Labute approximate surface area is 134 Å². The summed E-state index contributed by atoms with van der Waals surface area (Å²) in [5.41, 5.74) is 2.49. The Hall–Kier alpha value is -0.990. The highest BCUT2D eigenvalue weighted by molar-refractivity contribution is 8.00. The van der Waals surface area contributed by atoms with Gasteiger partial charge in [0.15, 0.2) is 0 Å². The summed E-state index contributed by atoms with van der Waals surface area (Å²) >= 11 is 8.10. The Kier molecular flexibility index (Phi) is 4.87. The number of halogens is 2. The maximum Gasteiger partial charge on any atom is 0.123 e. The first-order valence-corrected chi connectivity index (χ1v) is 8.71. The maximum absolute atomic E-state index is 13.3. The van der Waals surface area contributed by atoms with E-state index in [1.165, 1.54) is 16.5 Å². The van der Waals surface area contributed by atoms with Gasteiger partial charge in [-0.3, -0.25) is 0 Å². The molecule has 0 N–H and O–H groups in total. The molecule has 0 nitrogen and oxygen atoms in total. The summed E-state index contributed by atoms with van der Waals surface area (Å²) in [5.74, 6) is 0.868. The molecule has 110 valence electrons. The molecule has 2 atom stereocenters. The Morgan fingerprint density at radius 2 is 2.05 bits per heavy atom. The molecule has 3 rings (SSSR count). The van der Waals surface area contributed by atoms with Crippen LogP contribution in [0.25, 0.3) is 0 Å². The van der Waals surface area contributed by atoms with E-state index in [9.17, 15) is 4.39 Å². The minimum absolute atomic E-state index is 0.163. The molecule has 1 aliphatic rings. The first kappa shape index (κ1) is 14.9. The van der Waals surface area contributed by atoms with Gasteiger partial charge in [0, 0.05) is 16.0 Å². The summed E-state index contributed by atoms with van der Waals surface area (Å²) in [4.78, 5) is 1.40. The fraction of sp³-hybridized carbons (Fsp3) is 0.333. The van der Waals surface area contributed by atoms with Crippen molar-refractivity contribution in [2.45, 2.75) is 29.4 Å². The van der Waals surface area contributed by atoms with Crippen LogP contribution in [0.3, 0.4) is 0 Å². The molecule has 1 aliphatic heterocycles. The first-order chi connectivity index (χ1) is 10.2. The van der Waals surface area contributed by atoms with E-state index in [4.69, 9.17) is 11.6 Å². The number of thioether (sulfide) groups is 1. The molecule has 21 heavy (non-hydrogen) atoms. The van der Waals surface area contributed by atoms with E-state index in [-0.39, 0.29) is 5.82 Å². The number of fused-ring (bicyclic) bond motifs is 1. The number of alkyl halides is 1. The van der Waals surface area contributed by atoms with Crippen molar-refractivity contribution in [1.82, 2.24) is 0 Å². The minimum atomic E-state index is -0.163. The van der Waals surface area contributed by atoms with E-state index >= 15 is 0 Å². The molecule has 0 bridgehead atoms. The van der Waals surface area contributed by atoms with Crippen molar-refractivity contribution in [2.75, 3.05) is 5.88 Å². The van der Waals surface area contributed by atoms with Crippen LogP contribution in [0.15, 0.2) is 53.4 Å². The molecule has 2 unspecified atom stereocenters. The summed E-state index contributed by atoms with van der Waals surface area (Å²) in [6.07, 6.45) is 3.06. The second-order valence-corrected chi connectivity index (χ2v) is 7.29. The van der Waals surface area contributed by atoms with Gasteiger partial charge in [0.2, 0.25) is 0 Å². The smallest absolute Gasteiger partial charge is 0.123 e. The van der Waals surface area contributed by atoms with Crippen molar-refractivity contribution in [3.05, 3.63) is 65.5 Å². The second-order valence-electron chi connectivity index (χ2n) is 5.64. The molecular formula is C18H18ClFS. The van der Waals surface area contributed by atoms with Crippen LogP contribution in [0.2, 0.25) is 0 Å². The normalized spacial score (nSPS) is 18.5. The topological polar surface area (TPSA) is 0 Å². The SMILES string of the molecule is Fc1cccc(CC(CCl)CC2Cc3ccccc3S2)c1. The van der Waals surface area contributed by atoms with Crippen molar-refractivity contribution in [2.24, 2.45) is 5.92 Å². The third-order valence-corrected chi connectivity index (χ3v) is 5.72. The van der Waals surface area contributed by atoms with E-state index < -0.39 is 0 Å². The summed E-state index contributed by atoms with van der Waals surface area (Å²) in [5, 5.41) is 0.597. The van der Waals surface area contributed by atoms with Crippen molar-refractivity contribution >= 4 is 23.4 Å². The van der Waals surface area contributed by atoms with Crippen molar-refractivity contribution < 1.29 is 4.39 Å². The van der Waals surface area contributed by atoms with E-state index in [2.05, 4.69) is 24.3 Å². The van der Waals surface area contributed by atoms with E-state index in [0.717, 1.165) is 24.8 Å². The Bertz CT molecular complexity index is 589. The van der Waals surface area contributed by atoms with Gasteiger partial charge in [0.05, 0.1) is 0 Å². The van der Waals surface area contributed by atoms with Gasteiger partial charge in [-0.1, -0.05) is 30.3 Å². The average Bonchev–Trinajstić information content (AvgIpc) is 2.89. The van der Waals surface area contributed by atoms with E-state index in [1.54, 1.807) is 12.1 Å². The third kappa shape index (κ3) is 3.81. The minimum Gasteiger partial charge on any atom is -0.207 e. The van der Waals surface area contributed by atoms with Gasteiger partial charge < -0.3 is 0 Å². The van der Waals surface area contributed by atoms with Gasteiger partial charge in [0.25, 0.3) is 0 Å². The molecule has 1 heterocycles. The largest absolute Gasteiger partial charge is 0.207 e. The molecule has 2 aromatic rings. The number of hydrogen-bond donors (Lipinski definition) is 0. The zero-order chi connectivity index (χ0) is 14.7. The predicted molar refractivity (Wildman–Crippen MR) is 88.7 cm³/mol. The average molecular weight is 321 g/mol. The molecule has 0 fully saturated rings. The zero-order valence-electron chi connectivity index (χ0n) is 11.8. The van der Waals surface area contributed by atoms with Crippen LogP contribution >= 0.6 is 23.4 Å². The lowest BCUT2D eigenvalue weighted by Gasteiger charge is -2.18. The van der Waals surface area contributed by atoms with Gasteiger partial charge in [0.1, 0.15) is 5.82 Å². The van der Waals surface area contributed by atoms with Crippen LogP contribution in [0.5, 0.6) is 0 Å². The third-order valence-electron chi connectivity index (χ3n) is 3.94. The summed E-state index contributed by atoms with van der Waals surface area (Å²) < 4.78 is 13.3. The lowest BCUT2D eigenvalue weighted by atomic mass is 9.94. The fourth-order valence-corrected chi connectivity index (χ4v) is 4.64. The van der Waals surface area contributed by atoms with Crippen LogP contribution in [0, 0.1) is 11.7 Å². The zero-order valence-corrected chi connectivity index (χ0v) is 13.3. The molecule has 0 amide bonds. The van der Waals surface area contributed by atoms with Gasteiger partial charge in [-0.15, -0.1) is 23.4 Å². The predicted octanol–water partition coefficient (Wildman–Crippen LogP) is 5.33. The molecule has 0 saturated heterocycles. The van der Waals surface area contributed by atoms with Gasteiger partial charge in [-0.2, -0.15) is 0 Å². The first-order valence-electron chi connectivity index (χ1n) is 7.29. The van der Waals surface area contributed by atoms with Crippen molar-refractivity contribution in [1.29, 1.82) is 0 Å². The maximum atomic E-state index is 13.3. The Morgan fingerprint density at radius 1 is 1.19 bits per heavy atom. The highest BCUT2D eigenvalue weighted by Gasteiger charge is 2.24. The monoisotopic (exact) mass is 320 g/mol. The Balaban J connectivity index is 1.61. The number of hydrogen-bond acceptors (Lipinski definition) is 1. The lowest BCUT2D eigenvalue weighted by molar-refractivity contribution is 0.522. The molecule has 0 spiro atoms. The van der Waals surface area contributed by atoms with Crippen LogP contribution in [-0.2, 0) is 12.8 Å². The van der Waals surface area contributed by atoms with Crippen LogP contribution in [-0.4, -0.2) is 11.1 Å². The molecule has 2 aromatic carbocycles. The van der Waals surface area contributed by atoms with Crippen LogP contribution in [0.4, 0.5) is 4.39 Å². The van der Waals surface area contributed by atoms with Gasteiger partial charge >= 0.3 is 0 Å². The Morgan fingerprint density at radius 3 is 2.81 bits per heavy atom. The second kappa shape index (κ2) is 6.85. The van der Waals surface area contributed by atoms with E-state index in [0.29, 0.717) is 17.0 Å². The summed E-state index contributed by atoms with van der Waals surface area (Å²) in [6, 6.07) is 15.5. The van der Waals surface area contributed by atoms with Crippen molar-refractivity contribution in [3.8, 4) is 0 Å². The number of rotatable bonds is 5. The molecular weight excluding hydrogens is 303 g/mol. The highest BCUT2D eigenvalue weighted by Crippen LogP contribution is 2.40. The van der Waals surface area contributed by atoms with Gasteiger partial charge in [-0.25, -0.2) is 4.39 Å². The summed E-state index contributed by atoms with van der Waals surface area (Å²) in [7, 11) is 0. The summed E-state index contributed by atoms with van der Waals surface area (Å²) in [6.45, 7) is 0. The van der Waals surface area contributed by atoms with Gasteiger partial charge in [-0.05, 0) is 54.5 Å². The highest BCUT2D eigenvalue weighted by atomic mass is 35.5. The molecule has 0 aromatic heterocycles. The fourth-order valence-electron chi connectivity index (χ4n) is 2.96. The lowest BCUT2D eigenvalue weighted by Crippen LogP contribution is -2.14. The molecule has 3 heteroatoms.